The first-order valence-corrected chi connectivity index (χ1v) is 13.0. The molecular weight excluding hydrogens is 520 g/mol. The van der Waals surface area contributed by atoms with Gasteiger partial charge in [-0.05, 0) is 48.9 Å². The topological polar surface area (TPSA) is 199 Å². The van der Waals surface area contributed by atoms with E-state index in [2.05, 4.69) is 10.6 Å². The normalized spacial score (nSPS) is 16.9. The first kappa shape index (κ1) is 30.1. The van der Waals surface area contributed by atoms with Crippen LogP contribution >= 0.6 is 0 Å². The third kappa shape index (κ3) is 8.53. The van der Waals surface area contributed by atoms with E-state index in [0.29, 0.717) is 12.0 Å². The number of nitrogens with two attached hydrogens (primary N) is 1. The summed E-state index contributed by atoms with van der Waals surface area (Å²) >= 11 is 0. The monoisotopic (exact) mass is 554 g/mol. The highest BCUT2D eigenvalue weighted by molar-refractivity contribution is 5.94. The number of phenols is 1. The Kier molecular flexibility index (Phi) is 10.6. The number of phenolic OH excluding ortho intramolecular Hbond substituents is 1. The molecule has 0 bridgehead atoms. The summed E-state index contributed by atoms with van der Waals surface area (Å²) in [4.78, 5) is 63.8. The van der Waals surface area contributed by atoms with Crippen LogP contribution < -0.4 is 16.4 Å². The number of benzene rings is 2. The first-order chi connectivity index (χ1) is 19.0. The van der Waals surface area contributed by atoms with Crippen molar-refractivity contribution in [1.82, 2.24) is 15.5 Å². The molecule has 12 heteroatoms. The van der Waals surface area contributed by atoms with Gasteiger partial charge in [0.2, 0.25) is 17.7 Å². The van der Waals surface area contributed by atoms with Crippen LogP contribution in [0.3, 0.4) is 0 Å². The average molecular weight is 555 g/mol. The molecule has 1 aliphatic heterocycles. The lowest BCUT2D eigenvalue weighted by Crippen LogP contribution is -2.57. The molecule has 214 valence electrons. The van der Waals surface area contributed by atoms with Gasteiger partial charge in [-0.15, -0.1) is 0 Å². The van der Waals surface area contributed by atoms with E-state index < -0.39 is 60.2 Å². The number of amides is 3. The van der Waals surface area contributed by atoms with E-state index in [1.807, 2.05) is 30.3 Å². The van der Waals surface area contributed by atoms with Crippen LogP contribution in [0.1, 0.15) is 36.8 Å². The van der Waals surface area contributed by atoms with Crippen molar-refractivity contribution < 1.29 is 39.3 Å². The number of aromatic hydroxyl groups is 1. The fraction of sp³-hybridized carbons (Fsp3) is 0.393. The van der Waals surface area contributed by atoms with Crippen LogP contribution in [0.2, 0.25) is 0 Å². The van der Waals surface area contributed by atoms with E-state index in [-0.39, 0.29) is 38.0 Å². The minimum Gasteiger partial charge on any atom is -0.508 e. The summed E-state index contributed by atoms with van der Waals surface area (Å²) in [5.41, 5.74) is 7.52. The van der Waals surface area contributed by atoms with E-state index in [1.165, 1.54) is 12.1 Å². The van der Waals surface area contributed by atoms with E-state index in [1.54, 1.807) is 12.1 Å². The van der Waals surface area contributed by atoms with E-state index in [9.17, 15) is 39.3 Å². The van der Waals surface area contributed by atoms with Crippen molar-refractivity contribution in [3.05, 3.63) is 65.7 Å². The van der Waals surface area contributed by atoms with Gasteiger partial charge in [0, 0.05) is 19.4 Å². The summed E-state index contributed by atoms with van der Waals surface area (Å²) in [6.07, 6.45) is 0.193. The molecule has 1 heterocycles. The van der Waals surface area contributed by atoms with Gasteiger partial charge in [-0.25, -0.2) is 4.79 Å². The molecule has 4 atom stereocenters. The van der Waals surface area contributed by atoms with Gasteiger partial charge in [0.1, 0.15) is 23.9 Å². The Morgan fingerprint density at radius 3 is 2.12 bits per heavy atom. The largest absolute Gasteiger partial charge is 0.508 e. The molecule has 0 spiro atoms. The molecule has 0 saturated carbocycles. The first-order valence-electron chi connectivity index (χ1n) is 13.0. The molecule has 1 fully saturated rings. The van der Waals surface area contributed by atoms with E-state index in [4.69, 9.17) is 5.73 Å². The van der Waals surface area contributed by atoms with Crippen molar-refractivity contribution in [1.29, 1.82) is 0 Å². The maximum atomic E-state index is 13.5. The zero-order chi connectivity index (χ0) is 29.2. The number of carbonyl (C=O) groups is 5. The van der Waals surface area contributed by atoms with Crippen molar-refractivity contribution in [2.75, 3.05) is 6.54 Å². The second-order valence-corrected chi connectivity index (χ2v) is 9.75. The van der Waals surface area contributed by atoms with Gasteiger partial charge in [-0.1, -0.05) is 42.5 Å². The van der Waals surface area contributed by atoms with Crippen LogP contribution in [0.4, 0.5) is 0 Å². The average Bonchev–Trinajstić information content (AvgIpc) is 3.42. The SMILES string of the molecule is NC(Cc1ccccc1)C(=O)NC(Cc1ccc(O)cc1)C(=O)NC(CCC(=O)O)C(=O)N1CCCC1C(=O)O. The Bertz CT molecular complexity index is 1200. The predicted octanol–water partition coefficient (Wildman–Crippen LogP) is 0.415. The molecule has 1 saturated heterocycles. The minimum atomic E-state index is -1.32. The van der Waals surface area contributed by atoms with Crippen molar-refractivity contribution >= 4 is 29.7 Å². The fourth-order valence-corrected chi connectivity index (χ4v) is 4.60. The summed E-state index contributed by atoms with van der Waals surface area (Å²) in [5.74, 6) is -4.43. The highest BCUT2D eigenvalue weighted by Crippen LogP contribution is 2.20. The third-order valence-corrected chi connectivity index (χ3v) is 6.73. The Morgan fingerprint density at radius 1 is 0.875 bits per heavy atom. The van der Waals surface area contributed by atoms with Gasteiger partial charge in [0.25, 0.3) is 0 Å². The molecule has 1 aliphatic rings. The van der Waals surface area contributed by atoms with Crippen LogP contribution in [-0.2, 0) is 36.8 Å². The molecule has 7 N–H and O–H groups in total. The zero-order valence-electron chi connectivity index (χ0n) is 21.9. The number of hydrogen-bond acceptors (Lipinski definition) is 7. The number of nitrogens with zero attached hydrogens (tertiary/aromatic N) is 1. The molecule has 4 unspecified atom stereocenters. The summed E-state index contributed by atoms with van der Waals surface area (Å²) in [6.45, 7) is 0.164. The summed E-state index contributed by atoms with van der Waals surface area (Å²) in [6, 6.07) is 10.5. The number of carbonyl (C=O) groups excluding carboxylic acids is 3. The number of hydrogen-bond donors (Lipinski definition) is 6. The van der Waals surface area contributed by atoms with Gasteiger partial charge >= 0.3 is 11.9 Å². The number of carboxylic acid groups (broad SMARTS) is 2. The molecular formula is C28H34N4O8. The lowest BCUT2D eigenvalue weighted by Gasteiger charge is -2.29. The second kappa shape index (κ2) is 14.1. The Hall–Kier alpha value is -4.45. The highest BCUT2D eigenvalue weighted by Gasteiger charge is 2.38. The number of aliphatic carboxylic acids is 2. The maximum Gasteiger partial charge on any atom is 0.326 e. The molecule has 2 aromatic carbocycles. The minimum absolute atomic E-state index is 0.0107. The van der Waals surface area contributed by atoms with Crippen LogP contribution in [0, 0.1) is 0 Å². The lowest BCUT2D eigenvalue weighted by molar-refractivity contribution is -0.150. The molecule has 0 radical (unpaired) electrons. The molecule has 0 aliphatic carbocycles. The van der Waals surface area contributed by atoms with Crippen molar-refractivity contribution in [3.8, 4) is 5.75 Å². The number of nitrogens with one attached hydrogen (secondary N) is 2. The Labute approximate surface area is 231 Å². The summed E-state index contributed by atoms with van der Waals surface area (Å²) in [7, 11) is 0. The number of rotatable bonds is 13. The molecule has 2 aromatic rings. The Balaban J connectivity index is 1.80. The van der Waals surface area contributed by atoms with Crippen LogP contribution in [-0.4, -0.2) is 80.6 Å². The van der Waals surface area contributed by atoms with E-state index >= 15 is 0 Å². The van der Waals surface area contributed by atoms with Crippen molar-refractivity contribution in [2.45, 2.75) is 62.7 Å². The van der Waals surface area contributed by atoms with Crippen molar-refractivity contribution in [2.24, 2.45) is 5.73 Å². The van der Waals surface area contributed by atoms with Crippen LogP contribution in [0.15, 0.2) is 54.6 Å². The predicted molar refractivity (Wildman–Crippen MR) is 143 cm³/mol. The second-order valence-electron chi connectivity index (χ2n) is 9.75. The van der Waals surface area contributed by atoms with Gasteiger partial charge in [0.15, 0.2) is 0 Å². The number of likely N-dealkylation sites (tertiary alicyclic amines) is 1. The maximum absolute atomic E-state index is 13.5. The van der Waals surface area contributed by atoms with Crippen molar-refractivity contribution in [3.63, 3.8) is 0 Å². The lowest BCUT2D eigenvalue weighted by atomic mass is 10.0. The van der Waals surface area contributed by atoms with Crippen LogP contribution in [0.25, 0.3) is 0 Å². The van der Waals surface area contributed by atoms with Gasteiger partial charge in [0.05, 0.1) is 6.04 Å². The zero-order valence-corrected chi connectivity index (χ0v) is 21.9. The standard InChI is InChI=1S/C28H34N4O8/c29-20(15-17-5-2-1-3-6-17)25(36)31-22(16-18-8-10-19(33)11-9-18)26(37)30-21(12-13-24(34)35)27(38)32-14-4-7-23(32)28(39)40/h1-3,5-6,8-11,20-23,33H,4,7,12-16,29H2,(H,30,37)(H,31,36)(H,34,35)(H,39,40). The molecule has 3 rings (SSSR count). The van der Waals surface area contributed by atoms with Gasteiger partial charge in [-0.2, -0.15) is 0 Å². The van der Waals surface area contributed by atoms with Gasteiger partial charge in [-0.3, -0.25) is 19.2 Å². The highest BCUT2D eigenvalue weighted by atomic mass is 16.4. The van der Waals surface area contributed by atoms with Gasteiger partial charge < -0.3 is 36.6 Å². The summed E-state index contributed by atoms with van der Waals surface area (Å²) < 4.78 is 0. The molecule has 3 amide bonds. The molecule has 0 aromatic heterocycles. The fourth-order valence-electron chi connectivity index (χ4n) is 4.60. The quantitative estimate of drug-likeness (QED) is 0.203. The molecule has 40 heavy (non-hydrogen) atoms. The Morgan fingerprint density at radius 2 is 1.50 bits per heavy atom. The third-order valence-electron chi connectivity index (χ3n) is 6.73. The smallest absolute Gasteiger partial charge is 0.326 e. The molecule has 12 nitrogen and oxygen atoms in total. The summed E-state index contributed by atoms with van der Waals surface area (Å²) in [5, 5.41) is 33.5. The van der Waals surface area contributed by atoms with E-state index in [0.717, 1.165) is 10.5 Å². The number of carboxylic acids is 2. The van der Waals surface area contributed by atoms with Crippen LogP contribution in [0.5, 0.6) is 5.75 Å².